The first kappa shape index (κ1) is 17.7. The average Bonchev–Trinajstić information content (AvgIpc) is 2.63. The topological polar surface area (TPSA) is 65.2 Å². The molecule has 0 bridgehead atoms. The van der Waals surface area contributed by atoms with Gasteiger partial charge in [0.05, 0.1) is 0 Å². The van der Waals surface area contributed by atoms with Gasteiger partial charge >= 0.3 is 0 Å². The average molecular weight is 341 g/mol. The molecule has 0 radical (unpaired) electrons. The van der Waals surface area contributed by atoms with E-state index in [1.54, 1.807) is 12.1 Å². The lowest BCUT2D eigenvalue weighted by Gasteiger charge is -2.30. The van der Waals surface area contributed by atoms with Crippen LogP contribution in [-0.2, 0) is 0 Å². The quantitative estimate of drug-likeness (QED) is 0.794. The number of carbonyl (C=O) groups is 1. The van der Waals surface area contributed by atoms with E-state index in [1.807, 2.05) is 18.2 Å². The van der Waals surface area contributed by atoms with E-state index in [2.05, 4.69) is 22.1 Å². The van der Waals surface area contributed by atoms with Crippen LogP contribution in [0.5, 0.6) is 0 Å². The summed E-state index contributed by atoms with van der Waals surface area (Å²) in [4.78, 5) is 29.5. The molecule has 2 aromatic rings. The van der Waals surface area contributed by atoms with Gasteiger partial charge in [-0.2, -0.15) is 0 Å². The number of nitrogens with one attached hydrogen (secondary N) is 2. The van der Waals surface area contributed by atoms with Crippen LogP contribution in [0, 0.1) is 5.92 Å². The number of nitrogens with zero attached hydrogens (tertiary/aromatic N) is 1. The van der Waals surface area contributed by atoms with Crippen molar-refractivity contribution in [1.29, 1.82) is 0 Å². The summed E-state index contributed by atoms with van der Waals surface area (Å²) in [5.74, 6) is 0.647. The van der Waals surface area contributed by atoms with Crippen LogP contribution in [-0.4, -0.2) is 42.0 Å². The van der Waals surface area contributed by atoms with Crippen LogP contribution in [0.15, 0.2) is 35.1 Å². The normalized spacial score (nSPS) is 16.2. The SMILES string of the molecule is CC1CCN(CCCCNC(=O)c2cc3ccccc3c(=O)[nH]2)CC1. The smallest absolute Gasteiger partial charge is 0.267 e. The molecule has 3 rings (SSSR count). The molecule has 0 saturated carbocycles. The zero-order valence-electron chi connectivity index (χ0n) is 14.9. The Morgan fingerprint density at radius 2 is 2.00 bits per heavy atom. The second kappa shape index (κ2) is 8.30. The van der Waals surface area contributed by atoms with Crippen molar-refractivity contribution in [3.63, 3.8) is 0 Å². The Kier molecular flexibility index (Phi) is 5.87. The van der Waals surface area contributed by atoms with Gasteiger partial charge in [0.2, 0.25) is 0 Å². The molecule has 2 heterocycles. The summed E-state index contributed by atoms with van der Waals surface area (Å²) in [5, 5.41) is 4.30. The number of amides is 1. The Bertz CT molecular complexity index is 776. The van der Waals surface area contributed by atoms with E-state index in [9.17, 15) is 9.59 Å². The molecule has 134 valence electrons. The summed E-state index contributed by atoms with van der Waals surface area (Å²) < 4.78 is 0. The van der Waals surface area contributed by atoms with Crippen molar-refractivity contribution in [3.05, 3.63) is 46.4 Å². The van der Waals surface area contributed by atoms with Crippen LogP contribution in [0.1, 0.15) is 43.1 Å². The van der Waals surface area contributed by atoms with Crippen molar-refractivity contribution in [3.8, 4) is 0 Å². The first-order valence-corrected chi connectivity index (χ1v) is 9.26. The maximum Gasteiger partial charge on any atom is 0.267 e. The van der Waals surface area contributed by atoms with Crippen LogP contribution in [0.4, 0.5) is 0 Å². The van der Waals surface area contributed by atoms with Gasteiger partial charge in [-0.3, -0.25) is 9.59 Å². The van der Waals surface area contributed by atoms with Gasteiger partial charge in [0.1, 0.15) is 5.69 Å². The highest BCUT2D eigenvalue weighted by molar-refractivity contribution is 5.96. The molecule has 0 aliphatic carbocycles. The summed E-state index contributed by atoms with van der Waals surface area (Å²) >= 11 is 0. The molecule has 0 atom stereocenters. The minimum Gasteiger partial charge on any atom is -0.351 e. The molecule has 25 heavy (non-hydrogen) atoms. The fourth-order valence-electron chi connectivity index (χ4n) is 3.38. The maximum absolute atomic E-state index is 12.2. The zero-order chi connectivity index (χ0) is 17.6. The molecule has 1 aromatic carbocycles. The van der Waals surface area contributed by atoms with Gasteiger partial charge in [0, 0.05) is 11.9 Å². The van der Waals surface area contributed by atoms with Crippen LogP contribution in [0.25, 0.3) is 10.8 Å². The number of piperidine rings is 1. The van der Waals surface area contributed by atoms with Crippen LogP contribution < -0.4 is 10.9 Å². The number of rotatable bonds is 6. The molecule has 0 spiro atoms. The number of fused-ring (bicyclic) bond motifs is 1. The first-order chi connectivity index (χ1) is 12.1. The number of hydrogen-bond acceptors (Lipinski definition) is 3. The standard InChI is InChI=1S/C20H27N3O2/c1-15-8-12-23(13-9-15)11-5-4-10-21-20(25)18-14-16-6-2-3-7-17(16)19(24)22-18/h2-3,6-7,14-15H,4-5,8-13H2,1H3,(H,21,25)(H,22,24). The third kappa shape index (κ3) is 4.69. The molecule has 0 unspecified atom stereocenters. The number of unbranched alkanes of at least 4 members (excludes halogenated alkanes) is 1. The second-order valence-corrected chi connectivity index (χ2v) is 7.09. The fraction of sp³-hybridized carbons (Fsp3) is 0.500. The van der Waals surface area contributed by atoms with Crippen LogP contribution in [0.2, 0.25) is 0 Å². The number of pyridine rings is 1. The number of carbonyl (C=O) groups excluding carboxylic acids is 1. The molecule has 5 heteroatoms. The number of hydrogen-bond donors (Lipinski definition) is 2. The highest BCUT2D eigenvalue weighted by atomic mass is 16.2. The molecule has 1 amide bonds. The van der Waals surface area contributed by atoms with Crippen molar-refractivity contribution < 1.29 is 4.79 Å². The third-order valence-corrected chi connectivity index (χ3v) is 5.06. The molecule has 2 N–H and O–H groups in total. The second-order valence-electron chi connectivity index (χ2n) is 7.09. The van der Waals surface area contributed by atoms with E-state index >= 15 is 0 Å². The molecule has 1 aliphatic rings. The van der Waals surface area contributed by atoms with Crippen molar-refractivity contribution >= 4 is 16.7 Å². The Labute approximate surface area is 148 Å². The minimum absolute atomic E-state index is 0.213. The minimum atomic E-state index is -0.220. The molecule has 1 saturated heterocycles. The van der Waals surface area contributed by atoms with E-state index in [-0.39, 0.29) is 11.5 Å². The van der Waals surface area contributed by atoms with Crippen molar-refractivity contribution in [2.24, 2.45) is 5.92 Å². The van der Waals surface area contributed by atoms with Crippen molar-refractivity contribution in [2.75, 3.05) is 26.2 Å². The van der Waals surface area contributed by atoms with Crippen LogP contribution >= 0.6 is 0 Å². The highest BCUT2D eigenvalue weighted by Crippen LogP contribution is 2.16. The Morgan fingerprint density at radius 3 is 2.80 bits per heavy atom. The zero-order valence-corrected chi connectivity index (χ0v) is 14.9. The first-order valence-electron chi connectivity index (χ1n) is 9.26. The largest absolute Gasteiger partial charge is 0.351 e. The molecule has 5 nitrogen and oxygen atoms in total. The Balaban J connectivity index is 1.44. The Hall–Kier alpha value is -2.14. The lowest BCUT2D eigenvalue weighted by Crippen LogP contribution is -2.34. The van der Waals surface area contributed by atoms with E-state index in [0.717, 1.165) is 30.7 Å². The van der Waals surface area contributed by atoms with E-state index in [0.29, 0.717) is 17.6 Å². The van der Waals surface area contributed by atoms with Gasteiger partial charge in [-0.05, 0) is 68.8 Å². The van der Waals surface area contributed by atoms with Gasteiger partial charge in [-0.15, -0.1) is 0 Å². The Morgan fingerprint density at radius 1 is 1.24 bits per heavy atom. The van der Waals surface area contributed by atoms with Gasteiger partial charge < -0.3 is 15.2 Å². The lowest BCUT2D eigenvalue weighted by atomic mass is 9.99. The summed E-state index contributed by atoms with van der Waals surface area (Å²) in [6.07, 6.45) is 4.64. The summed E-state index contributed by atoms with van der Waals surface area (Å²) in [7, 11) is 0. The van der Waals surface area contributed by atoms with Gasteiger partial charge in [-0.25, -0.2) is 0 Å². The van der Waals surface area contributed by atoms with E-state index < -0.39 is 0 Å². The molecular weight excluding hydrogens is 314 g/mol. The van der Waals surface area contributed by atoms with Gasteiger partial charge in [-0.1, -0.05) is 25.1 Å². The summed E-state index contributed by atoms with van der Waals surface area (Å²) in [6.45, 7) is 6.47. The fourth-order valence-corrected chi connectivity index (χ4v) is 3.38. The number of aromatic nitrogens is 1. The summed E-state index contributed by atoms with van der Waals surface area (Å²) in [5.41, 5.74) is 0.108. The molecule has 1 aliphatic heterocycles. The van der Waals surface area contributed by atoms with E-state index in [1.165, 1.54) is 25.9 Å². The highest BCUT2D eigenvalue weighted by Gasteiger charge is 2.15. The molecule has 1 fully saturated rings. The van der Waals surface area contributed by atoms with E-state index in [4.69, 9.17) is 0 Å². The number of aromatic amines is 1. The van der Waals surface area contributed by atoms with Crippen molar-refractivity contribution in [2.45, 2.75) is 32.6 Å². The number of likely N-dealkylation sites (tertiary alicyclic amines) is 1. The van der Waals surface area contributed by atoms with Crippen molar-refractivity contribution in [1.82, 2.24) is 15.2 Å². The predicted octanol–water partition coefficient (Wildman–Crippen LogP) is 2.77. The van der Waals surface area contributed by atoms with Gasteiger partial charge in [0.25, 0.3) is 11.5 Å². The number of H-pyrrole nitrogens is 1. The third-order valence-electron chi connectivity index (χ3n) is 5.06. The predicted molar refractivity (Wildman–Crippen MR) is 101 cm³/mol. The molecule has 1 aromatic heterocycles. The van der Waals surface area contributed by atoms with Gasteiger partial charge in [0.15, 0.2) is 0 Å². The lowest BCUT2D eigenvalue weighted by molar-refractivity contribution is 0.0947. The van der Waals surface area contributed by atoms with Crippen LogP contribution in [0.3, 0.4) is 0 Å². The summed E-state index contributed by atoms with van der Waals surface area (Å²) in [6, 6.07) is 9.03. The monoisotopic (exact) mass is 341 g/mol. The maximum atomic E-state index is 12.2. The number of benzene rings is 1. The molecular formula is C20H27N3O2.